The molecule has 62 valence electrons. The summed E-state index contributed by atoms with van der Waals surface area (Å²) in [6.07, 6.45) is 3.57. The van der Waals surface area contributed by atoms with Gasteiger partial charge in [0.05, 0.1) is 0 Å². The Hall–Kier alpha value is -0.830. The van der Waals surface area contributed by atoms with Crippen molar-refractivity contribution in [3.63, 3.8) is 0 Å². The lowest BCUT2D eigenvalue weighted by Gasteiger charge is -2.02. The molecule has 0 aromatic carbocycles. The molecule has 0 radical (unpaired) electrons. The highest BCUT2D eigenvalue weighted by Crippen LogP contribution is 2.00. The van der Waals surface area contributed by atoms with Crippen LogP contribution in [0.3, 0.4) is 0 Å². The number of aliphatic hydroxyl groups excluding tert-OH is 1. The van der Waals surface area contributed by atoms with Crippen LogP contribution < -0.4 is 0 Å². The Kier molecular flexibility index (Phi) is 3.11. The third kappa shape index (κ3) is 2.05. The van der Waals surface area contributed by atoms with Crippen LogP contribution >= 0.6 is 0 Å². The van der Waals surface area contributed by atoms with Gasteiger partial charge in [-0.05, 0) is 12.5 Å². The van der Waals surface area contributed by atoms with Gasteiger partial charge >= 0.3 is 0 Å². The lowest BCUT2D eigenvalue weighted by Crippen LogP contribution is -2.05. The number of aromatic nitrogens is 2. The minimum Gasteiger partial charge on any atom is -0.396 e. The van der Waals surface area contributed by atoms with E-state index >= 15 is 0 Å². The topological polar surface area (TPSA) is 38.0 Å². The Labute approximate surface area is 66.7 Å². The van der Waals surface area contributed by atoms with Crippen molar-refractivity contribution < 1.29 is 5.11 Å². The maximum atomic E-state index is 8.69. The van der Waals surface area contributed by atoms with Crippen LogP contribution in [0.5, 0.6) is 0 Å². The minimum atomic E-state index is 0.204. The highest BCUT2D eigenvalue weighted by Gasteiger charge is 1.98. The monoisotopic (exact) mass is 154 g/mol. The quantitative estimate of drug-likeness (QED) is 0.697. The van der Waals surface area contributed by atoms with Gasteiger partial charge in [-0.2, -0.15) is 5.10 Å². The molecule has 3 nitrogen and oxygen atoms in total. The summed E-state index contributed by atoms with van der Waals surface area (Å²) in [7, 11) is 0. The average Bonchev–Trinajstić information content (AvgIpc) is 2.39. The molecule has 0 amide bonds. The summed E-state index contributed by atoms with van der Waals surface area (Å²) in [5.74, 6) is 0. The zero-order chi connectivity index (χ0) is 8.10. The molecule has 0 aliphatic carbocycles. The second kappa shape index (κ2) is 4.13. The maximum absolute atomic E-state index is 8.69. The van der Waals surface area contributed by atoms with Gasteiger partial charge in [0.2, 0.25) is 0 Å². The first-order valence-electron chi connectivity index (χ1n) is 4.00. The van der Waals surface area contributed by atoms with E-state index in [0.717, 1.165) is 18.7 Å². The van der Waals surface area contributed by atoms with Gasteiger partial charge in [-0.25, -0.2) is 0 Å². The summed E-state index contributed by atoms with van der Waals surface area (Å²) < 4.78 is 1.94. The fourth-order valence-electron chi connectivity index (χ4n) is 1.10. The average molecular weight is 154 g/mol. The fraction of sp³-hybridized carbons (Fsp3) is 0.625. The zero-order valence-electron chi connectivity index (χ0n) is 6.82. The van der Waals surface area contributed by atoms with Crippen molar-refractivity contribution in [1.29, 1.82) is 0 Å². The minimum absolute atomic E-state index is 0.204. The Balaban J connectivity index is 2.62. The molecule has 0 spiro atoms. The third-order valence-corrected chi connectivity index (χ3v) is 1.61. The van der Waals surface area contributed by atoms with Crippen LogP contribution in [0.15, 0.2) is 12.3 Å². The first-order valence-corrected chi connectivity index (χ1v) is 4.00. The number of aliphatic hydroxyl groups is 1. The van der Waals surface area contributed by atoms with Crippen molar-refractivity contribution in [3.05, 3.63) is 18.0 Å². The lowest BCUT2D eigenvalue weighted by molar-refractivity contribution is 0.295. The highest BCUT2D eigenvalue weighted by molar-refractivity contribution is 5.00. The smallest absolute Gasteiger partial charge is 0.0492 e. The molecule has 1 heterocycles. The van der Waals surface area contributed by atoms with Crippen molar-refractivity contribution in [3.8, 4) is 0 Å². The molecule has 1 rings (SSSR count). The van der Waals surface area contributed by atoms with Crippen molar-refractivity contribution >= 4 is 0 Å². The van der Waals surface area contributed by atoms with Gasteiger partial charge in [0.25, 0.3) is 0 Å². The number of aryl methyl sites for hydroxylation is 1. The van der Waals surface area contributed by atoms with Crippen molar-refractivity contribution in [2.75, 3.05) is 6.61 Å². The fourth-order valence-corrected chi connectivity index (χ4v) is 1.10. The van der Waals surface area contributed by atoms with E-state index in [-0.39, 0.29) is 6.61 Å². The summed E-state index contributed by atoms with van der Waals surface area (Å²) >= 11 is 0. The molecule has 0 atom stereocenters. The Morgan fingerprint density at radius 3 is 3.09 bits per heavy atom. The van der Waals surface area contributed by atoms with E-state index < -0.39 is 0 Å². The van der Waals surface area contributed by atoms with Gasteiger partial charge < -0.3 is 5.11 Å². The maximum Gasteiger partial charge on any atom is 0.0492 e. The highest BCUT2D eigenvalue weighted by atomic mass is 16.3. The summed E-state index contributed by atoms with van der Waals surface area (Å²) in [6.45, 7) is 3.27. The van der Waals surface area contributed by atoms with Crippen LogP contribution in [0, 0.1) is 0 Å². The van der Waals surface area contributed by atoms with E-state index in [1.807, 2.05) is 10.7 Å². The van der Waals surface area contributed by atoms with Crippen molar-refractivity contribution in [2.45, 2.75) is 26.3 Å². The molecule has 3 heteroatoms. The van der Waals surface area contributed by atoms with Gasteiger partial charge in [-0.3, -0.25) is 4.68 Å². The zero-order valence-corrected chi connectivity index (χ0v) is 6.82. The summed E-state index contributed by atoms with van der Waals surface area (Å²) in [6, 6.07) is 1.95. The number of hydrogen-bond donors (Lipinski definition) is 1. The normalized spacial score (nSPS) is 10.4. The SMILES string of the molecule is CCCn1nccc1CCO. The van der Waals surface area contributed by atoms with Crippen LogP contribution in [-0.2, 0) is 13.0 Å². The largest absolute Gasteiger partial charge is 0.396 e. The molecule has 0 unspecified atom stereocenters. The predicted octanol–water partition coefficient (Wildman–Crippen LogP) is 0.828. The van der Waals surface area contributed by atoms with E-state index in [1.165, 1.54) is 0 Å². The molecule has 11 heavy (non-hydrogen) atoms. The second-order valence-corrected chi connectivity index (χ2v) is 2.52. The molecule has 1 N–H and O–H groups in total. The molecular weight excluding hydrogens is 140 g/mol. The van der Waals surface area contributed by atoms with Crippen LogP contribution in [0.1, 0.15) is 19.0 Å². The molecule has 0 bridgehead atoms. The van der Waals surface area contributed by atoms with Crippen LogP contribution in [0.25, 0.3) is 0 Å². The van der Waals surface area contributed by atoms with E-state index in [4.69, 9.17) is 5.11 Å². The molecule has 0 aliphatic heterocycles. The number of rotatable bonds is 4. The molecule has 0 fully saturated rings. The van der Waals surface area contributed by atoms with Crippen molar-refractivity contribution in [1.82, 2.24) is 9.78 Å². The van der Waals surface area contributed by atoms with Crippen LogP contribution in [-0.4, -0.2) is 21.5 Å². The first-order chi connectivity index (χ1) is 5.38. The predicted molar refractivity (Wildman–Crippen MR) is 43.3 cm³/mol. The standard InChI is InChI=1S/C8H14N2O/c1-2-6-10-8(4-7-11)3-5-9-10/h3,5,11H,2,4,6-7H2,1H3. The van der Waals surface area contributed by atoms with E-state index in [1.54, 1.807) is 6.20 Å². The molecule has 0 aliphatic rings. The van der Waals surface area contributed by atoms with E-state index in [0.29, 0.717) is 6.42 Å². The van der Waals surface area contributed by atoms with Crippen molar-refractivity contribution in [2.24, 2.45) is 0 Å². The number of hydrogen-bond acceptors (Lipinski definition) is 2. The third-order valence-electron chi connectivity index (χ3n) is 1.61. The van der Waals surface area contributed by atoms with Gasteiger partial charge in [0.1, 0.15) is 0 Å². The van der Waals surface area contributed by atoms with E-state index in [9.17, 15) is 0 Å². The summed E-state index contributed by atoms with van der Waals surface area (Å²) in [5, 5.41) is 12.8. The Morgan fingerprint density at radius 2 is 2.45 bits per heavy atom. The summed E-state index contributed by atoms with van der Waals surface area (Å²) in [5.41, 5.74) is 1.12. The molecule has 1 aromatic rings. The number of nitrogens with zero attached hydrogens (tertiary/aromatic N) is 2. The van der Waals surface area contributed by atoms with E-state index in [2.05, 4.69) is 12.0 Å². The first kappa shape index (κ1) is 8.27. The molecular formula is C8H14N2O. The lowest BCUT2D eigenvalue weighted by atomic mass is 10.3. The van der Waals surface area contributed by atoms with Crippen LogP contribution in [0.4, 0.5) is 0 Å². The van der Waals surface area contributed by atoms with Gasteiger partial charge in [0.15, 0.2) is 0 Å². The van der Waals surface area contributed by atoms with Gasteiger partial charge in [0, 0.05) is 31.5 Å². The van der Waals surface area contributed by atoms with Gasteiger partial charge in [-0.15, -0.1) is 0 Å². The summed E-state index contributed by atoms with van der Waals surface area (Å²) in [4.78, 5) is 0. The molecule has 0 saturated carbocycles. The molecule has 0 saturated heterocycles. The second-order valence-electron chi connectivity index (χ2n) is 2.52. The molecule has 1 aromatic heterocycles. The Bertz CT molecular complexity index is 187. The van der Waals surface area contributed by atoms with Gasteiger partial charge in [-0.1, -0.05) is 6.92 Å². The van der Waals surface area contributed by atoms with Crippen LogP contribution in [0.2, 0.25) is 0 Å². The Morgan fingerprint density at radius 1 is 1.64 bits per heavy atom.